The van der Waals surface area contributed by atoms with Crippen LogP contribution < -0.4 is 10.5 Å². The van der Waals surface area contributed by atoms with Gasteiger partial charge in [0.05, 0.1) is 0 Å². The van der Waals surface area contributed by atoms with E-state index in [-0.39, 0.29) is 0 Å². The first-order valence-corrected chi connectivity index (χ1v) is 4.34. The van der Waals surface area contributed by atoms with Gasteiger partial charge in [-0.2, -0.15) is 0 Å². The van der Waals surface area contributed by atoms with E-state index >= 15 is 0 Å². The van der Waals surface area contributed by atoms with E-state index in [1.54, 1.807) is 12.1 Å². The third-order valence-corrected chi connectivity index (χ3v) is 1.62. The molecule has 0 aromatic heterocycles. The van der Waals surface area contributed by atoms with Gasteiger partial charge in [-0.05, 0) is 19.1 Å². The van der Waals surface area contributed by atoms with Crippen molar-refractivity contribution in [2.24, 2.45) is 5.73 Å². The summed E-state index contributed by atoms with van der Waals surface area (Å²) in [6.07, 6.45) is 1.94. The summed E-state index contributed by atoms with van der Waals surface area (Å²) < 4.78 is 4.89. The van der Waals surface area contributed by atoms with E-state index in [1.807, 2.05) is 19.1 Å². The van der Waals surface area contributed by atoms with Gasteiger partial charge in [-0.1, -0.05) is 17.7 Å². The summed E-state index contributed by atoms with van der Waals surface area (Å²) in [4.78, 5) is 21.4. The molecule has 0 aliphatic rings. The van der Waals surface area contributed by atoms with Gasteiger partial charge in [-0.25, -0.2) is 4.79 Å². The first-order chi connectivity index (χ1) is 7.08. The first-order valence-electron chi connectivity index (χ1n) is 4.34. The lowest BCUT2D eigenvalue weighted by atomic mass is 10.2. The summed E-state index contributed by atoms with van der Waals surface area (Å²) in [5, 5.41) is 0. The molecule has 2 N–H and O–H groups in total. The van der Waals surface area contributed by atoms with Crippen molar-refractivity contribution < 1.29 is 14.3 Å². The van der Waals surface area contributed by atoms with Crippen molar-refractivity contribution in [2.75, 3.05) is 0 Å². The fraction of sp³-hybridized carbons (Fsp3) is 0.0909. The van der Waals surface area contributed by atoms with Crippen molar-refractivity contribution >= 4 is 11.9 Å². The summed E-state index contributed by atoms with van der Waals surface area (Å²) in [5.41, 5.74) is 5.89. The predicted molar refractivity (Wildman–Crippen MR) is 55.1 cm³/mol. The van der Waals surface area contributed by atoms with Crippen LogP contribution >= 0.6 is 0 Å². The van der Waals surface area contributed by atoms with Gasteiger partial charge in [0, 0.05) is 12.2 Å². The number of aryl methyl sites for hydroxylation is 1. The molecule has 1 aromatic carbocycles. The van der Waals surface area contributed by atoms with Crippen LogP contribution in [0.3, 0.4) is 0 Å². The Balaban J connectivity index is 2.59. The molecule has 1 amide bonds. The maximum absolute atomic E-state index is 11.1. The Bertz CT molecular complexity index is 393. The summed E-state index contributed by atoms with van der Waals surface area (Å²) in [5.74, 6) is -0.881. The van der Waals surface area contributed by atoms with E-state index < -0.39 is 11.9 Å². The number of amides is 1. The number of rotatable bonds is 3. The summed E-state index contributed by atoms with van der Waals surface area (Å²) in [6, 6.07) is 6.98. The van der Waals surface area contributed by atoms with Gasteiger partial charge in [-0.15, -0.1) is 0 Å². The zero-order valence-corrected chi connectivity index (χ0v) is 8.27. The highest BCUT2D eigenvalue weighted by Crippen LogP contribution is 2.11. The lowest BCUT2D eigenvalue weighted by Crippen LogP contribution is -2.09. The second-order valence-corrected chi connectivity index (χ2v) is 2.97. The number of primary amides is 1. The Morgan fingerprint density at radius 2 is 1.80 bits per heavy atom. The van der Waals surface area contributed by atoms with E-state index in [4.69, 9.17) is 10.5 Å². The molecule has 0 aliphatic heterocycles. The highest BCUT2D eigenvalue weighted by Gasteiger charge is 1.99. The third kappa shape index (κ3) is 4.08. The summed E-state index contributed by atoms with van der Waals surface area (Å²) >= 11 is 0. The van der Waals surface area contributed by atoms with Gasteiger partial charge in [0.25, 0.3) is 0 Å². The molecule has 0 aliphatic carbocycles. The van der Waals surface area contributed by atoms with Gasteiger partial charge in [-0.3, -0.25) is 4.79 Å². The second kappa shape index (κ2) is 4.95. The zero-order chi connectivity index (χ0) is 11.3. The first kappa shape index (κ1) is 11.0. The average Bonchev–Trinajstić information content (AvgIpc) is 2.19. The molecule has 0 heterocycles. The van der Waals surface area contributed by atoms with Crippen LogP contribution in [0.4, 0.5) is 0 Å². The molecule has 0 fully saturated rings. The van der Waals surface area contributed by atoms with Gasteiger partial charge < -0.3 is 10.5 Å². The van der Waals surface area contributed by atoms with Crippen molar-refractivity contribution in [3.05, 3.63) is 42.0 Å². The predicted octanol–water partition coefficient (Wildman–Crippen LogP) is 0.942. The van der Waals surface area contributed by atoms with Crippen LogP contribution in [0.25, 0.3) is 0 Å². The Morgan fingerprint density at radius 3 is 2.33 bits per heavy atom. The van der Waals surface area contributed by atoms with Gasteiger partial charge in [0.2, 0.25) is 5.91 Å². The van der Waals surface area contributed by atoms with E-state index in [9.17, 15) is 9.59 Å². The van der Waals surface area contributed by atoms with Crippen molar-refractivity contribution in [2.45, 2.75) is 6.92 Å². The Labute approximate surface area is 87.3 Å². The second-order valence-electron chi connectivity index (χ2n) is 2.97. The highest BCUT2D eigenvalue weighted by molar-refractivity contribution is 5.94. The third-order valence-electron chi connectivity index (χ3n) is 1.62. The lowest BCUT2D eigenvalue weighted by Gasteiger charge is -2.00. The molecule has 0 saturated heterocycles. The fourth-order valence-electron chi connectivity index (χ4n) is 0.907. The number of ether oxygens (including phenoxy) is 1. The molecule has 15 heavy (non-hydrogen) atoms. The fourth-order valence-corrected chi connectivity index (χ4v) is 0.907. The van der Waals surface area contributed by atoms with Crippen LogP contribution in [0.1, 0.15) is 5.56 Å². The smallest absolute Gasteiger partial charge is 0.336 e. The van der Waals surface area contributed by atoms with Crippen LogP contribution in [0.15, 0.2) is 36.4 Å². The number of carbonyl (C=O) groups excluding carboxylic acids is 2. The molecule has 4 heteroatoms. The zero-order valence-electron chi connectivity index (χ0n) is 8.27. The molecule has 0 saturated carbocycles. The summed E-state index contributed by atoms with van der Waals surface area (Å²) in [7, 11) is 0. The quantitative estimate of drug-likeness (QED) is 0.453. The molecule has 0 radical (unpaired) electrons. The minimum absolute atomic E-state index is 0.430. The number of carbonyl (C=O) groups is 2. The summed E-state index contributed by atoms with van der Waals surface area (Å²) in [6.45, 7) is 1.93. The Morgan fingerprint density at radius 1 is 1.20 bits per heavy atom. The Hall–Kier alpha value is -2.10. The number of hydrogen-bond acceptors (Lipinski definition) is 3. The van der Waals surface area contributed by atoms with Crippen LogP contribution in [-0.2, 0) is 9.59 Å². The maximum atomic E-state index is 11.1. The van der Waals surface area contributed by atoms with E-state index in [2.05, 4.69) is 0 Å². The topological polar surface area (TPSA) is 69.4 Å². The molecule has 4 nitrogen and oxygen atoms in total. The van der Waals surface area contributed by atoms with Gasteiger partial charge in [0.15, 0.2) is 0 Å². The maximum Gasteiger partial charge on any atom is 0.336 e. The largest absolute Gasteiger partial charge is 0.423 e. The van der Waals surface area contributed by atoms with Crippen molar-refractivity contribution in [1.82, 2.24) is 0 Å². The Kier molecular flexibility index (Phi) is 3.62. The van der Waals surface area contributed by atoms with E-state index in [0.717, 1.165) is 17.7 Å². The minimum Gasteiger partial charge on any atom is -0.423 e. The molecular weight excluding hydrogens is 194 g/mol. The normalized spacial score (nSPS) is 10.2. The number of benzene rings is 1. The molecule has 0 spiro atoms. The number of esters is 1. The number of nitrogens with two attached hydrogens (primary N) is 1. The monoisotopic (exact) mass is 205 g/mol. The molecule has 1 rings (SSSR count). The molecule has 78 valence electrons. The SMILES string of the molecule is Cc1ccc(OC(=O)/C=C\C(N)=O)cc1. The van der Waals surface area contributed by atoms with Crippen LogP contribution in [0, 0.1) is 6.92 Å². The van der Waals surface area contributed by atoms with E-state index in [1.165, 1.54) is 0 Å². The highest BCUT2D eigenvalue weighted by atomic mass is 16.5. The van der Waals surface area contributed by atoms with Gasteiger partial charge in [0.1, 0.15) is 5.75 Å². The van der Waals surface area contributed by atoms with E-state index in [0.29, 0.717) is 5.75 Å². The van der Waals surface area contributed by atoms with Crippen molar-refractivity contribution in [3.8, 4) is 5.75 Å². The molecule has 0 bridgehead atoms. The standard InChI is InChI=1S/C11H11NO3/c1-8-2-4-9(5-3-8)15-11(14)7-6-10(12)13/h2-7H,1H3,(H2,12,13)/b7-6-. The van der Waals surface area contributed by atoms with Crippen LogP contribution in [0.2, 0.25) is 0 Å². The van der Waals surface area contributed by atoms with Crippen molar-refractivity contribution in [3.63, 3.8) is 0 Å². The molecule has 0 unspecified atom stereocenters. The lowest BCUT2D eigenvalue weighted by molar-refractivity contribution is -0.129. The van der Waals surface area contributed by atoms with Crippen LogP contribution in [-0.4, -0.2) is 11.9 Å². The number of hydrogen-bond donors (Lipinski definition) is 1. The van der Waals surface area contributed by atoms with Crippen molar-refractivity contribution in [1.29, 1.82) is 0 Å². The minimum atomic E-state index is -0.684. The van der Waals surface area contributed by atoms with Gasteiger partial charge >= 0.3 is 5.97 Å². The molecule has 0 atom stereocenters. The molecular formula is C11H11NO3. The molecule has 1 aromatic rings. The van der Waals surface area contributed by atoms with Crippen LogP contribution in [0.5, 0.6) is 5.75 Å². The average molecular weight is 205 g/mol.